The van der Waals surface area contributed by atoms with E-state index in [0.717, 1.165) is 17.7 Å². The summed E-state index contributed by atoms with van der Waals surface area (Å²) in [6.45, 7) is 4.06. The van der Waals surface area contributed by atoms with Crippen LogP contribution in [0.5, 0.6) is 17.4 Å². The van der Waals surface area contributed by atoms with Gasteiger partial charge in [-0.25, -0.2) is 13.6 Å². The Bertz CT molecular complexity index is 1780. The Morgan fingerprint density at radius 2 is 1.65 bits per heavy atom. The van der Waals surface area contributed by atoms with E-state index in [2.05, 4.69) is 15.0 Å². The zero-order valence-corrected chi connectivity index (χ0v) is 21.3. The lowest BCUT2D eigenvalue weighted by Gasteiger charge is -2.10. The molecule has 40 heavy (non-hydrogen) atoms. The number of nitrogens with zero attached hydrogens (tertiary/aromatic N) is 3. The second-order valence-electron chi connectivity index (χ2n) is 9.31. The second kappa shape index (κ2) is 10.5. The second-order valence-corrected chi connectivity index (χ2v) is 9.31. The van der Waals surface area contributed by atoms with Gasteiger partial charge in [0.05, 0.1) is 5.52 Å². The summed E-state index contributed by atoms with van der Waals surface area (Å²) in [5.41, 5.74) is 1.96. The number of carbonyl (C=O) groups is 1. The quantitative estimate of drug-likeness (QED) is 0.113. The molecule has 5 rings (SSSR count). The van der Waals surface area contributed by atoms with Gasteiger partial charge in [0.1, 0.15) is 17.3 Å². The summed E-state index contributed by atoms with van der Waals surface area (Å²) < 4.78 is 35.2. The Morgan fingerprint density at radius 3 is 2.35 bits per heavy atom. The van der Waals surface area contributed by atoms with Gasteiger partial charge in [-0.3, -0.25) is 4.57 Å². The monoisotopic (exact) mass is 543 g/mol. The largest absolute Gasteiger partial charge is 0.511 e. The zero-order chi connectivity index (χ0) is 28.6. The van der Waals surface area contributed by atoms with Gasteiger partial charge in [0.15, 0.2) is 17.3 Å². The minimum atomic E-state index is -1.48. The summed E-state index contributed by atoms with van der Waals surface area (Å²) in [7, 11) is 0. The van der Waals surface area contributed by atoms with Gasteiger partial charge in [-0.15, -0.1) is 10.2 Å². The first-order valence-electron chi connectivity index (χ1n) is 12.2. The van der Waals surface area contributed by atoms with Crippen molar-refractivity contribution in [1.29, 1.82) is 0 Å². The smallest absolute Gasteiger partial charge is 0.505 e. The highest BCUT2D eigenvalue weighted by atomic mass is 19.1. The number of ether oxygens (including phenoxy) is 1. The molecule has 0 saturated heterocycles. The molecule has 8 nitrogen and oxygen atoms in total. The molecule has 0 aliphatic carbocycles. The summed E-state index contributed by atoms with van der Waals surface area (Å²) in [5.74, 6) is -2.19. The number of aromatic hydroxyl groups is 2. The zero-order valence-electron chi connectivity index (χ0n) is 21.3. The summed E-state index contributed by atoms with van der Waals surface area (Å²) in [4.78, 5) is 10.9. The van der Waals surface area contributed by atoms with Gasteiger partial charge < -0.3 is 20.1 Å². The molecule has 1 heterocycles. The van der Waals surface area contributed by atoms with Gasteiger partial charge >= 0.3 is 6.16 Å². The maximum absolute atomic E-state index is 15.0. The molecule has 0 radical (unpaired) electrons. The SMILES string of the molecule is CC(C)c1ccc(-n2c(O)c(N=Nc3cccc(-c4cccc(OC(=O)O)c4)c3O)c3cc(F)cc(F)c32)cc1. The molecule has 202 valence electrons. The molecule has 0 fully saturated rings. The molecule has 0 saturated carbocycles. The number of rotatable bonds is 6. The van der Waals surface area contributed by atoms with Crippen molar-refractivity contribution in [1.82, 2.24) is 4.57 Å². The Kier molecular flexibility index (Phi) is 6.91. The van der Waals surface area contributed by atoms with Crippen LogP contribution in [0.4, 0.5) is 25.0 Å². The van der Waals surface area contributed by atoms with Crippen LogP contribution in [0.2, 0.25) is 0 Å². The van der Waals surface area contributed by atoms with Crippen molar-refractivity contribution in [2.75, 3.05) is 0 Å². The van der Waals surface area contributed by atoms with Gasteiger partial charge in [-0.1, -0.05) is 50.2 Å². The number of phenolic OH excluding ortho intramolecular Hbond substituents is 1. The van der Waals surface area contributed by atoms with Crippen LogP contribution in [0, 0.1) is 11.6 Å². The number of benzene rings is 4. The molecule has 5 aromatic rings. The van der Waals surface area contributed by atoms with E-state index in [4.69, 9.17) is 5.11 Å². The number of carboxylic acid groups (broad SMARTS) is 1. The minimum Gasteiger partial charge on any atom is -0.505 e. The van der Waals surface area contributed by atoms with Crippen LogP contribution in [0.25, 0.3) is 27.7 Å². The Hall–Kier alpha value is -5.25. The lowest BCUT2D eigenvalue weighted by Crippen LogP contribution is -2.02. The van der Waals surface area contributed by atoms with Gasteiger partial charge in [0, 0.05) is 22.7 Å². The fourth-order valence-electron chi connectivity index (χ4n) is 4.44. The first-order chi connectivity index (χ1) is 19.1. The number of fused-ring (bicyclic) bond motifs is 1. The van der Waals surface area contributed by atoms with Crippen LogP contribution >= 0.6 is 0 Å². The number of halogens is 2. The van der Waals surface area contributed by atoms with E-state index < -0.39 is 23.7 Å². The Morgan fingerprint density at radius 1 is 0.925 bits per heavy atom. The van der Waals surface area contributed by atoms with Crippen molar-refractivity contribution in [2.24, 2.45) is 10.2 Å². The fraction of sp³-hybridized carbons (Fsp3) is 0.100. The normalized spacial score (nSPS) is 11.5. The molecule has 0 amide bonds. The van der Waals surface area contributed by atoms with E-state index in [0.29, 0.717) is 16.8 Å². The van der Waals surface area contributed by atoms with Crippen LogP contribution in [-0.2, 0) is 0 Å². The van der Waals surface area contributed by atoms with E-state index >= 15 is 4.39 Å². The fourth-order valence-corrected chi connectivity index (χ4v) is 4.44. The maximum Gasteiger partial charge on any atom is 0.511 e. The number of para-hydroxylation sites is 1. The maximum atomic E-state index is 15.0. The van der Waals surface area contributed by atoms with Crippen LogP contribution in [0.15, 0.2) is 89.1 Å². The summed E-state index contributed by atoms with van der Waals surface area (Å²) >= 11 is 0. The van der Waals surface area contributed by atoms with E-state index in [-0.39, 0.29) is 39.7 Å². The molecule has 3 N–H and O–H groups in total. The van der Waals surface area contributed by atoms with Gasteiger partial charge in [-0.2, -0.15) is 0 Å². The van der Waals surface area contributed by atoms with Crippen molar-refractivity contribution in [3.05, 3.63) is 96.1 Å². The molecule has 10 heteroatoms. The number of phenols is 1. The molecular formula is C30H23F2N3O5. The Balaban J connectivity index is 1.60. The first kappa shape index (κ1) is 26.4. The Labute approximate surface area is 227 Å². The predicted octanol–water partition coefficient (Wildman–Crippen LogP) is 8.58. The van der Waals surface area contributed by atoms with Crippen LogP contribution < -0.4 is 4.74 Å². The minimum absolute atomic E-state index is 0.000479. The molecule has 0 aliphatic heterocycles. The lowest BCUT2D eigenvalue weighted by atomic mass is 10.0. The highest BCUT2D eigenvalue weighted by Gasteiger charge is 2.23. The molecule has 0 aliphatic rings. The summed E-state index contributed by atoms with van der Waals surface area (Å²) in [5, 5.41) is 39.1. The van der Waals surface area contributed by atoms with E-state index in [1.807, 2.05) is 26.0 Å². The van der Waals surface area contributed by atoms with Gasteiger partial charge in [0.2, 0.25) is 5.88 Å². The average molecular weight is 544 g/mol. The summed E-state index contributed by atoms with van der Waals surface area (Å²) in [6, 6.07) is 19.6. The number of aromatic nitrogens is 1. The van der Waals surface area contributed by atoms with Crippen LogP contribution in [0.1, 0.15) is 25.3 Å². The van der Waals surface area contributed by atoms with Crippen LogP contribution in [0.3, 0.4) is 0 Å². The highest BCUT2D eigenvalue weighted by Crippen LogP contribution is 2.44. The van der Waals surface area contributed by atoms with Gasteiger partial charge in [0.25, 0.3) is 0 Å². The standard InChI is InChI=1S/C30H23F2N3O5/c1-16(2)17-9-11-20(12-10-17)35-27-23(14-19(31)15-24(27)32)26(29(35)37)34-33-25-8-4-7-22(28(25)36)18-5-3-6-21(13-18)40-30(38)39/h3-16,36-37H,1-2H3,(H,38,39). The third-order valence-corrected chi connectivity index (χ3v) is 6.37. The van der Waals surface area contributed by atoms with Crippen LogP contribution in [-0.4, -0.2) is 26.0 Å². The average Bonchev–Trinajstić information content (AvgIpc) is 3.19. The summed E-state index contributed by atoms with van der Waals surface area (Å²) in [6.07, 6.45) is -1.48. The molecule has 0 bridgehead atoms. The van der Waals surface area contributed by atoms with Crippen molar-refractivity contribution >= 4 is 28.4 Å². The third kappa shape index (κ3) is 4.94. The first-order valence-corrected chi connectivity index (χ1v) is 12.2. The number of azo groups is 1. The molecule has 1 aromatic heterocycles. The molecular weight excluding hydrogens is 520 g/mol. The number of hydrogen-bond donors (Lipinski definition) is 3. The third-order valence-electron chi connectivity index (χ3n) is 6.37. The topological polar surface area (TPSA) is 117 Å². The highest BCUT2D eigenvalue weighted by molar-refractivity contribution is 5.97. The van der Waals surface area contributed by atoms with Crippen molar-refractivity contribution in [3.63, 3.8) is 0 Å². The van der Waals surface area contributed by atoms with Gasteiger partial charge in [-0.05, 0) is 53.4 Å². The van der Waals surface area contributed by atoms with Crippen molar-refractivity contribution in [3.8, 4) is 34.2 Å². The number of hydrogen-bond acceptors (Lipinski definition) is 6. The van der Waals surface area contributed by atoms with E-state index in [9.17, 15) is 19.4 Å². The van der Waals surface area contributed by atoms with E-state index in [1.54, 1.807) is 36.4 Å². The van der Waals surface area contributed by atoms with Crippen molar-refractivity contribution in [2.45, 2.75) is 19.8 Å². The molecule has 0 spiro atoms. The van der Waals surface area contributed by atoms with E-state index in [1.165, 1.54) is 22.8 Å². The molecule has 4 aromatic carbocycles. The lowest BCUT2D eigenvalue weighted by molar-refractivity contribution is 0.144. The van der Waals surface area contributed by atoms with Crippen molar-refractivity contribution < 1.29 is 33.6 Å². The molecule has 0 atom stereocenters. The molecule has 0 unspecified atom stereocenters. The predicted molar refractivity (Wildman–Crippen MR) is 145 cm³/mol.